The van der Waals surface area contributed by atoms with Crippen LogP contribution in [-0.2, 0) is 4.79 Å². The number of nitrogens with one attached hydrogen (secondary N) is 1. The van der Waals surface area contributed by atoms with Crippen molar-refractivity contribution in [2.24, 2.45) is 0 Å². The molecule has 1 N–H and O–H groups in total. The Kier molecular flexibility index (Phi) is 5.27. The van der Waals surface area contributed by atoms with Crippen molar-refractivity contribution in [3.8, 4) is 5.75 Å². The van der Waals surface area contributed by atoms with Gasteiger partial charge in [0.15, 0.2) is 0 Å². The number of benzene rings is 2. The molecule has 0 saturated carbocycles. The van der Waals surface area contributed by atoms with E-state index in [0.29, 0.717) is 29.0 Å². The quantitative estimate of drug-likeness (QED) is 0.625. The van der Waals surface area contributed by atoms with Crippen molar-refractivity contribution in [1.82, 2.24) is 4.90 Å². The molecule has 0 unspecified atom stereocenters. The van der Waals surface area contributed by atoms with Crippen LogP contribution in [0.2, 0.25) is 0 Å². The first kappa shape index (κ1) is 18.0. The Morgan fingerprint density at radius 1 is 1.08 bits per heavy atom. The molecule has 0 saturated heterocycles. The number of methoxy groups -OCH3 is 1. The average molecular weight is 370 g/mol. The molecule has 2 aromatic carbocycles. The minimum absolute atomic E-state index is 0.143. The molecular formula is C19H18N2O4S. The first-order valence-electron chi connectivity index (χ1n) is 8.02. The fourth-order valence-corrected chi connectivity index (χ4v) is 3.45. The Labute approximate surface area is 155 Å². The van der Waals surface area contributed by atoms with Crippen LogP contribution in [0.1, 0.15) is 27.1 Å². The molecule has 26 heavy (non-hydrogen) atoms. The molecule has 0 aliphatic carbocycles. The van der Waals surface area contributed by atoms with Gasteiger partial charge in [0.25, 0.3) is 11.8 Å². The second-order valence-corrected chi connectivity index (χ2v) is 6.92. The summed E-state index contributed by atoms with van der Waals surface area (Å²) in [5, 5.41) is 2.77. The number of imide groups is 1. The molecular weight excluding hydrogens is 352 g/mol. The Morgan fingerprint density at radius 2 is 1.77 bits per heavy atom. The first-order valence-corrected chi connectivity index (χ1v) is 9.01. The van der Waals surface area contributed by atoms with Crippen LogP contribution < -0.4 is 10.1 Å². The number of fused-ring (bicyclic) bond motifs is 1. The van der Waals surface area contributed by atoms with Crippen LogP contribution in [0.25, 0.3) is 0 Å². The maximum Gasteiger partial charge on any atom is 0.261 e. The van der Waals surface area contributed by atoms with E-state index in [1.807, 2.05) is 24.3 Å². The highest BCUT2D eigenvalue weighted by Gasteiger charge is 2.32. The van der Waals surface area contributed by atoms with Gasteiger partial charge in [-0.25, -0.2) is 0 Å². The number of carbonyl (C=O) groups is 3. The summed E-state index contributed by atoms with van der Waals surface area (Å²) >= 11 is 1.58. The number of thioether (sulfide) groups is 1. The van der Waals surface area contributed by atoms with Gasteiger partial charge in [0.1, 0.15) is 5.75 Å². The van der Waals surface area contributed by atoms with Crippen molar-refractivity contribution in [3.05, 3.63) is 53.6 Å². The number of hydrogen-bond donors (Lipinski definition) is 1. The number of rotatable bonds is 6. The number of hydrogen-bond acceptors (Lipinski definition) is 5. The Morgan fingerprint density at radius 3 is 2.46 bits per heavy atom. The molecule has 0 radical (unpaired) electrons. The molecule has 1 aliphatic heterocycles. The van der Waals surface area contributed by atoms with Gasteiger partial charge in [-0.3, -0.25) is 19.3 Å². The van der Waals surface area contributed by atoms with Crippen molar-refractivity contribution in [3.63, 3.8) is 0 Å². The summed E-state index contributed by atoms with van der Waals surface area (Å²) in [7, 11) is 3.06. The van der Waals surface area contributed by atoms with Crippen LogP contribution in [0.4, 0.5) is 5.69 Å². The fourth-order valence-electron chi connectivity index (χ4n) is 2.60. The van der Waals surface area contributed by atoms with Crippen LogP contribution in [0.5, 0.6) is 5.75 Å². The zero-order chi connectivity index (χ0) is 18.7. The van der Waals surface area contributed by atoms with Gasteiger partial charge in [0, 0.05) is 29.8 Å². The zero-order valence-electron chi connectivity index (χ0n) is 14.4. The molecule has 1 heterocycles. The average Bonchev–Trinajstić information content (AvgIpc) is 2.86. The van der Waals surface area contributed by atoms with Crippen LogP contribution >= 0.6 is 11.8 Å². The molecule has 6 nitrogen and oxygen atoms in total. The normalized spacial score (nSPS) is 12.9. The minimum Gasteiger partial charge on any atom is -0.497 e. The lowest BCUT2D eigenvalue weighted by molar-refractivity contribution is -0.115. The van der Waals surface area contributed by atoms with Gasteiger partial charge in [-0.1, -0.05) is 0 Å². The highest BCUT2D eigenvalue weighted by molar-refractivity contribution is 7.99. The van der Waals surface area contributed by atoms with E-state index in [-0.39, 0.29) is 17.7 Å². The van der Waals surface area contributed by atoms with E-state index in [1.165, 1.54) is 7.05 Å². The van der Waals surface area contributed by atoms with Crippen molar-refractivity contribution in [2.75, 3.05) is 25.2 Å². The maximum absolute atomic E-state index is 12.1. The lowest BCUT2D eigenvalue weighted by atomic mass is 10.1. The van der Waals surface area contributed by atoms with Crippen molar-refractivity contribution < 1.29 is 19.1 Å². The number of amides is 3. The Balaban J connectivity index is 1.54. The molecule has 0 atom stereocenters. The zero-order valence-corrected chi connectivity index (χ0v) is 15.3. The molecule has 1 aliphatic rings. The molecule has 134 valence electrons. The Bertz CT molecular complexity index is 864. The number of ether oxygens (including phenoxy) is 1. The summed E-state index contributed by atoms with van der Waals surface area (Å²) in [6, 6.07) is 12.4. The Hall–Kier alpha value is -2.80. The van der Waals surface area contributed by atoms with E-state index in [1.54, 1.807) is 37.1 Å². The fraction of sp³-hybridized carbons (Fsp3) is 0.211. The topological polar surface area (TPSA) is 75.7 Å². The standard InChI is InChI=1S/C19H18N2O4S/c1-21-18(23)15-8-3-12(11-16(15)19(21)24)20-17(22)9-10-26-14-6-4-13(25-2)5-7-14/h3-8,11H,9-10H2,1-2H3,(H,20,22). The second-order valence-electron chi connectivity index (χ2n) is 5.75. The lowest BCUT2D eigenvalue weighted by Crippen LogP contribution is -2.24. The molecule has 3 rings (SSSR count). The summed E-state index contributed by atoms with van der Waals surface area (Å²) in [5.41, 5.74) is 1.20. The summed E-state index contributed by atoms with van der Waals surface area (Å²) < 4.78 is 5.11. The molecule has 0 fully saturated rings. The van der Waals surface area contributed by atoms with E-state index in [9.17, 15) is 14.4 Å². The molecule has 7 heteroatoms. The van der Waals surface area contributed by atoms with Crippen molar-refractivity contribution in [2.45, 2.75) is 11.3 Å². The van der Waals surface area contributed by atoms with E-state index in [0.717, 1.165) is 15.5 Å². The van der Waals surface area contributed by atoms with Gasteiger partial charge in [0.05, 0.1) is 18.2 Å². The highest BCUT2D eigenvalue weighted by Crippen LogP contribution is 2.25. The van der Waals surface area contributed by atoms with Crippen LogP contribution in [0.3, 0.4) is 0 Å². The monoisotopic (exact) mass is 370 g/mol. The van der Waals surface area contributed by atoms with Gasteiger partial charge in [-0.05, 0) is 42.5 Å². The minimum atomic E-state index is -0.351. The van der Waals surface area contributed by atoms with E-state index < -0.39 is 0 Å². The van der Waals surface area contributed by atoms with Gasteiger partial charge < -0.3 is 10.1 Å². The summed E-state index contributed by atoms with van der Waals surface area (Å²) in [6.45, 7) is 0. The molecule has 0 spiro atoms. The van der Waals surface area contributed by atoms with Crippen LogP contribution in [0, 0.1) is 0 Å². The number of anilines is 1. The second kappa shape index (κ2) is 7.61. The third-order valence-electron chi connectivity index (χ3n) is 4.03. The third-order valence-corrected chi connectivity index (χ3v) is 5.04. The SMILES string of the molecule is COc1ccc(SCCC(=O)Nc2ccc3c(c2)C(=O)N(C)C3=O)cc1. The molecule has 0 aromatic heterocycles. The van der Waals surface area contributed by atoms with E-state index >= 15 is 0 Å². The molecule has 0 bridgehead atoms. The predicted octanol–water partition coefficient (Wildman–Crippen LogP) is 3.04. The first-order chi connectivity index (χ1) is 12.5. The van der Waals surface area contributed by atoms with Crippen molar-refractivity contribution >= 4 is 35.2 Å². The van der Waals surface area contributed by atoms with Crippen LogP contribution in [0.15, 0.2) is 47.4 Å². The third kappa shape index (κ3) is 3.72. The summed E-state index contributed by atoms with van der Waals surface area (Å²) in [4.78, 5) is 38.1. The maximum atomic E-state index is 12.1. The van der Waals surface area contributed by atoms with Crippen LogP contribution in [-0.4, -0.2) is 42.5 Å². The number of carbonyl (C=O) groups excluding carboxylic acids is 3. The van der Waals surface area contributed by atoms with Gasteiger partial charge >= 0.3 is 0 Å². The molecule has 3 amide bonds. The van der Waals surface area contributed by atoms with Gasteiger partial charge in [-0.15, -0.1) is 11.8 Å². The van der Waals surface area contributed by atoms with Gasteiger partial charge in [-0.2, -0.15) is 0 Å². The predicted molar refractivity (Wildman–Crippen MR) is 99.8 cm³/mol. The summed E-state index contributed by atoms with van der Waals surface area (Å²) in [5.74, 6) is 0.608. The van der Waals surface area contributed by atoms with Crippen molar-refractivity contribution in [1.29, 1.82) is 0 Å². The highest BCUT2D eigenvalue weighted by atomic mass is 32.2. The lowest BCUT2D eigenvalue weighted by Gasteiger charge is -2.07. The largest absolute Gasteiger partial charge is 0.497 e. The van der Waals surface area contributed by atoms with E-state index in [2.05, 4.69) is 5.32 Å². The van der Waals surface area contributed by atoms with Gasteiger partial charge in [0.2, 0.25) is 5.91 Å². The molecule has 2 aromatic rings. The van der Waals surface area contributed by atoms with E-state index in [4.69, 9.17) is 4.74 Å². The smallest absolute Gasteiger partial charge is 0.261 e. The summed E-state index contributed by atoms with van der Waals surface area (Å²) in [6.07, 6.45) is 0.334. The number of nitrogens with zero attached hydrogens (tertiary/aromatic N) is 1.